The number of hydrogen-bond acceptors (Lipinski definition) is 6. The fraction of sp³-hybridized carbons (Fsp3) is 0. The van der Waals surface area contributed by atoms with E-state index in [4.69, 9.17) is 44.2 Å². The van der Waals surface area contributed by atoms with Gasteiger partial charge in [0.2, 0.25) is 12.4 Å². The van der Waals surface area contributed by atoms with Gasteiger partial charge in [-0.2, -0.15) is 31.0 Å². The minimum Gasteiger partial charge on any atom is -0.192 e. The summed E-state index contributed by atoms with van der Waals surface area (Å²) < 4.78 is 0. The van der Waals surface area contributed by atoms with Crippen LogP contribution in [0.2, 0.25) is 0 Å². The van der Waals surface area contributed by atoms with Gasteiger partial charge in [-0.1, -0.05) is 23.2 Å². The van der Waals surface area contributed by atoms with Crippen LogP contribution in [0.4, 0.5) is 0 Å². The van der Waals surface area contributed by atoms with Crippen molar-refractivity contribution in [2.45, 2.75) is 0 Å². The van der Waals surface area contributed by atoms with Crippen molar-refractivity contribution in [3.05, 3.63) is 21.2 Å². The van der Waals surface area contributed by atoms with E-state index < -0.39 is 0 Å². The molecule has 0 heterocycles. The van der Waals surface area contributed by atoms with E-state index in [2.05, 4.69) is 9.98 Å². The second kappa shape index (κ2) is 5.62. The molecule has 0 atom stereocenters. The first kappa shape index (κ1) is 13.4. The SMILES string of the molecule is N#C/N=C1C(Cl)=C(C#N)/C(=N/C#N)C(Cl)=C\1C#N. The number of halogens is 2. The molecule has 1 aliphatic rings. The molecule has 8 heteroatoms. The Morgan fingerprint density at radius 3 is 1.28 bits per heavy atom. The van der Waals surface area contributed by atoms with Gasteiger partial charge in [-0.05, 0) is 0 Å². The van der Waals surface area contributed by atoms with Crippen LogP contribution in [0.25, 0.3) is 0 Å². The molecule has 0 aromatic carbocycles. The van der Waals surface area contributed by atoms with Crippen LogP contribution < -0.4 is 0 Å². The van der Waals surface area contributed by atoms with E-state index in [1.165, 1.54) is 12.4 Å². The van der Waals surface area contributed by atoms with Crippen molar-refractivity contribution in [1.82, 2.24) is 0 Å². The van der Waals surface area contributed by atoms with Crippen molar-refractivity contribution in [3.63, 3.8) is 0 Å². The summed E-state index contributed by atoms with van der Waals surface area (Å²) in [7, 11) is 0. The molecule has 84 valence electrons. The molecule has 0 unspecified atom stereocenters. The molecule has 1 rings (SSSR count). The second-order valence-electron chi connectivity index (χ2n) is 2.72. The molecule has 0 fully saturated rings. The molecule has 0 spiro atoms. The van der Waals surface area contributed by atoms with Crippen LogP contribution in [0.1, 0.15) is 0 Å². The van der Waals surface area contributed by atoms with Crippen LogP contribution in [0, 0.1) is 45.6 Å². The van der Waals surface area contributed by atoms with E-state index >= 15 is 0 Å². The lowest BCUT2D eigenvalue weighted by molar-refractivity contribution is 1.40. The maximum absolute atomic E-state index is 8.94. The third-order valence-corrected chi connectivity index (χ3v) is 2.61. The van der Waals surface area contributed by atoms with Crippen molar-refractivity contribution in [1.29, 1.82) is 21.0 Å². The number of nitrogens with zero attached hydrogens (tertiary/aromatic N) is 6. The highest BCUT2D eigenvalue weighted by molar-refractivity contribution is 6.58. The summed E-state index contributed by atoms with van der Waals surface area (Å²) >= 11 is 11.7. The van der Waals surface area contributed by atoms with Crippen LogP contribution in [-0.4, -0.2) is 11.4 Å². The maximum Gasteiger partial charge on any atom is 0.206 e. The molecule has 0 bridgehead atoms. The molecule has 18 heavy (non-hydrogen) atoms. The normalized spacial score (nSPS) is 19.2. The Labute approximate surface area is 112 Å². The summed E-state index contributed by atoms with van der Waals surface area (Å²) in [4.78, 5) is 6.68. The van der Waals surface area contributed by atoms with Gasteiger partial charge in [0.25, 0.3) is 0 Å². The highest BCUT2D eigenvalue weighted by atomic mass is 35.5. The molecular formula is C10Cl2N6. The second-order valence-corrected chi connectivity index (χ2v) is 3.48. The Kier molecular flexibility index (Phi) is 4.19. The fourth-order valence-corrected chi connectivity index (χ4v) is 1.72. The average molecular weight is 275 g/mol. The maximum atomic E-state index is 8.94. The summed E-state index contributed by atoms with van der Waals surface area (Å²) in [6.07, 6.45) is 2.91. The van der Waals surface area contributed by atoms with E-state index in [-0.39, 0.29) is 32.6 Å². The summed E-state index contributed by atoms with van der Waals surface area (Å²) in [6.45, 7) is 0. The van der Waals surface area contributed by atoms with Gasteiger partial charge in [-0.25, -0.2) is 0 Å². The quantitative estimate of drug-likeness (QED) is 0.494. The highest BCUT2D eigenvalue weighted by Gasteiger charge is 2.30. The third kappa shape index (κ3) is 2.08. The first-order valence-corrected chi connectivity index (χ1v) is 4.92. The highest BCUT2D eigenvalue weighted by Crippen LogP contribution is 2.30. The van der Waals surface area contributed by atoms with Gasteiger partial charge in [0.05, 0.1) is 10.1 Å². The largest absolute Gasteiger partial charge is 0.206 e. The monoisotopic (exact) mass is 274 g/mol. The predicted octanol–water partition coefficient (Wildman–Crippen LogP) is 1.88. The molecule has 0 aromatic heterocycles. The fourth-order valence-electron chi connectivity index (χ4n) is 1.18. The van der Waals surface area contributed by atoms with Crippen molar-refractivity contribution in [2.75, 3.05) is 0 Å². The zero-order valence-electron chi connectivity index (χ0n) is 8.44. The van der Waals surface area contributed by atoms with Crippen molar-refractivity contribution in [3.8, 4) is 24.5 Å². The van der Waals surface area contributed by atoms with Crippen molar-refractivity contribution in [2.24, 2.45) is 9.98 Å². The molecule has 0 N–H and O–H groups in total. The number of nitriles is 4. The first-order chi connectivity index (χ1) is 8.62. The molecule has 0 aliphatic heterocycles. The molecule has 6 nitrogen and oxygen atoms in total. The number of aliphatic imine (C=N–C) groups is 2. The Morgan fingerprint density at radius 1 is 0.722 bits per heavy atom. The van der Waals surface area contributed by atoms with E-state index in [1.54, 1.807) is 12.1 Å². The molecular weight excluding hydrogens is 275 g/mol. The van der Waals surface area contributed by atoms with Gasteiger partial charge >= 0.3 is 0 Å². The van der Waals surface area contributed by atoms with Crippen LogP contribution in [-0.2, 0) is 0 Å². The van der Waals surface area contributed by atoms with E-state index in [9.17, 15) is 0 Å². The van der Waals surface area contributed by atoms with Crippen LogP contribution >= 0.6 is 23.2 Å². The minimum atomic E-state index is -0.242. The molecule has 1 aliphatic carbocycles. The number of hydrogen-bond donors (Lipinski definition) is 0. The molecule has 0 saturated heterocycles. The van der Waals surface area contributed by atoms with E-state index in [0.717, 1.165) is 0 Å². The molecule has 0 saturated carbocycles. The van der Waals surface area contributed by atoms with Crippen LogP contribution in [0.5, 0.6) is 0 Å². The predicted molar refractivity (Wildman–Crippen MR) is 63.1 cm³/mol. The Balaban J connectivity index is 3.75. The zero-order chi connectivity index (χ0) is 13.7. The molecule has 0 radical (unpaired) electrons. The Morgan fingerprint density at radius 2 is 1.06 bits per heavy atom. The van der Waals surface area contributed by atoms with Gasteiger partial charge in [0, 0.05) is 0 Å². The lowest BCUT2D eigenvalue weighted by atomic mass is 9.96. The minimum absolute atomic E-state index is 0.208. The number of rotatable bonds is 0. The number of allylic oxidation sites excluding steroid dienone is 4. The van der Waals surface area contributed by atoms with Crippen molar-refractivity contribution >= 4 is 34.6 Å². The standard InChI is InChI=1S/C10Cl2N6/c11-7-5(1-13)9(17-3-15)8(12)6(2-14)10(7)18-4-16/b17-9-,18-10-. The van der Waals surface area contributed by atoms with E-state index in [0.29, 0.717) is 0 Å². The lowest BCUT2D eigenvalue weighted by Crippen LogP contribution is -2.19. The first-order valence-electron chi connectivity index (χ1n) is 4.17. The van der Waals surface area contributed by atoms with Gasteiger partial charge in [-0.3, -0.25) is 0 Å². The van der Waals surface area contributed by atoms with Crippen LogP contribution in [0.15, 0.2) is 31.2 Å². The van der Waals surface area contributed by atoms with Gasteiger partial charge in [0.1, 0.15) is 34.7 Å². The van der Waals surface area contributed by atoms with Gasteiger partial charge < -0.3 is 0 Å². The Hall–Kier alpha value is -2.64. The smallest absolute Gasteiger partial charge is 0.192 e. The molecule has 0 aromatic rings. The summed E-state index contributed by atoms with van der Waals surface area (Å²) in [5.74, 6) is 0. The zero-order valence-corrected chi connectivity index (χ0v) is 9.95. The van der Waals surface area contributed by atoms with Gasteiger partial charge in [-0.15, -0.1) is 0 Å². The topological polar surface area (TPSA) is 120 Å². The summed E-state index contributed by atoms with van der Waals surface area (Å²) in [5.41, 5.74) is -0.840. The van der Waals surface area contributed by atoms with E-state index in [1.807, 2.05) is 0 Å². The van der Waals surface area contributed by atoms with Crippen molar-refractivity contribution < 1.29 is 0 Å². The lowest BCUT2D eigenvalue weighted by Gasteiger charge is -2.14. The summed E-state index contributed by atoms with van der Waals surface area (Å²) in [6, 6.07) is 3.40. The third-order valence-electron chi connectivity index (χ3n) is 1.88. The summed E-state index contributed by atoms with van der Waals surface area (Å²) in [5, 5.41) is 34.4. The van der Waals surface area contributed by atoms with Gasteiger partial charge in [0.15, 0.2) is 0 Å². The average Bonchev–Trinajstić information content (AvgIpc) is 2.36. The Bertz CT molecular complexity index is 635. The molecule has 0 amide bonds. The van der Waals surface area contributed by atoms with Crippen LogP contribution in [0.3, 0.4) is 0 Å².